The van der Waals surface area contributed by atoms with Gasteiger partial charge in [-0.05, 0) is 50.1 Å². The summed E-state index contributed by atoms with van der Waals surface area (Å²) < 4.78 is 0. The number of hydrogen-bond acceptors (Lipinski definition) is 4. The van der Waals surface area contributed by atoms with Gasteiger partial charge in [-0.3, -0.25) is 4.79 Å². The van der Waals surface area contributed by atoms with E-state index in [1.807, 2.05) is 37.3 Å². The summed E-state index contributed by atoms with van der Waals surface area (Å²) in [7, 11) is 0. The van der Waals surface area contributed by atoms with Gasteiger partial charge in [0.15, 0.2) is 5.82 Å². The third-order valence-electron chi connectivity index (χ3n) is 4.14. The molecule has 1 aliphatic rings. The highest BCUT2D eigenvalue weighted by Gasteiger charge is 2.36. The number of carbonyl (C=O) groups excluding carboxylic acids is 1. The van der Waals surface area contributed by atoms with Crippen LogP contribution in [0.15, 0.2) is 36.5 Å². The number of amides is 1. The molecule has 6 heteroatoms. The van der Waals surface area contributed by atoms with Crippen molar-refractivity contribution in [3.63, 3.8) is 0 Å². The fourth-order valence-electron chi connectivity index (χ4n) is 2.78. The highest BCUT2D eigenvalue weighted by atomic mass is 35.5. The maximum atomic E-state index is 12.3. The fourth-order valence-corrected chi connectivity index (χ4v) is 2.78. The van der Waals surface area contributed by atoms with Crippen LogP contribution in [0.4, 0.5) is 5.69 Å². The molecule has 1 heterocycles. The average Bonchev–Trinajstić information content (AvgIpc) is 2.96. The Balaban J connectivity index is 0.00000192. The van der Waals surface area contributed by atoms with Crippen molar-refractivity contribution in [1.82, 2.24) is 9.97 Å². The van der Waals surface area contributed by atoms with E-state index in [0.717, 1.165) is 42.6 Å². The van der Waals surface area contributed by atoms with Gasteiger partial charge in [-0.15, -0.1) is 12.4 Å². The summed E-state index contributed by atoms with van der Waals surface area (Å²) in [6, 6.07) is 9.39. The zero-order valence-electron chi connectivity index (χ0n) is 13.1. The van der Waals surface area contributed by atoms with Crippen molar-refractivity contribution in [3.05, 3.63) is 42.2 Å². The molecule has 0 bridgehead atoms. The van der Waals surface area contributed by atoms with E-state index in [1.165, 1.54) is 0 Å². The van der Waals surface area contributed by atoms with E-state index in [0.29, 0.717) is 5.82 Å². The smallest absolute Gasteiger partial charge is 0.244 e. The molecule has 0 atom stereocenters. The quantitative estimate of drug-likeness (QED) is 0.905. The van der Waals surface area contributed by atoms with Crippen molar-refractivity contribution in [2.24, 2.45) is 5.73 Å². The van der Waals surface area contributed by atoms with Crippen LogP contribution < -0.4 is 11.1 Å². The van der Waals surface area contributed by atoms with Gasteiger partial charge in [-0.25, -0.2) is 9.97 Å². The van der Waals surface area contributed by atoms with Gasteiger partial charge >= 0.3 is 0 Å². The molecule has 23 heavy (non-hydrogen) atoms. The van der Waals surface area contributed by atoms with Gasteiger partial charge in [0, 0.05) is 23.1 Å². The first-order valence-corrected chi connectivity index (χ1v) is 7.57. The summed E-state index contributed by atoms with van der Waals surface area (Å²) >= 11 is 0. The Labute approximate surface area is 142 Å². The molecule has 1 aromatic carbocycles. The summed E-state index contributed by atoms with van der Waals surface area (Å²) in [5, 5.41) is 2.91. The highest BCUT2D eigenvalue weighted by molar-refractivity contribution is 5.98. The van der Waals surface area contributed by atoms with Gasteiger partial charge in [0.1, 0.15) is 0 Å². The minimum Gasteiger partial charge on any atom is -0.324 e. The number of anilines is 1. The Hall–Kier alpha value is -1.98. The van der Waals surface area contributed by atoms with Gasteiger partial charge in [-0.2, -0.15) is 0 Å². The minimum absolute atomic E-state index is 0. The third kappa shape index (κ3) is 3.86. The summed E-state index contributed by atoms with van der Waals surface area (Å²) in [6.07, 6.45) is 5.30. The van der Waals surface area contributed by atoms with E-state index in [4.69, 9.17) is 5.73 Å². The lowest BCUT2D eigenvalue weighted by Crippen LogP contribution is -2.48. The lowest BCUT2D eigenvalue weighted by atomic mass is 9.98. The first-order valence-electron chi connectivity index (χ1n) is 7.57. The summed E-state index contributed by atoms with van der Waals surface area (Å²) in [5.74, 6) is 0.591. The predicted octanol–water partition coefficient (Wildman–Crippen LogP) is 3.08. The van der Waals surface area contributed by atoms with Crippen LogP contribution in [0.2, 0.25) is 0 Å². The van der Waals surface area contributed by atoms with Crippen LogP contribution in [0.1, 0.15) is 31.4 Å². The van der Waals surface area contributed by atoms with Crippen LogP contribution in [-0.4, -0.2) is 21.4 Å². The van der Waals surface area contributed by atoms with E-state index in [1.54, 1.807) is 6.20 Å². The summed E-state index contributed by atoms with van der Waals surface area (Å²) in [4.78, 5) is 20.9. The lowest BCUT2D eigenvalue weighted by molar-refractivity contribution is -0.121. The molecule has 0 unspecified atom stereocenters. The monoisotopic (exact) mass is 332 g/mol. The zero-order chi connectivity index (χ0) is 15.6. The Morgan fingerprint density at radius 1 is 1.17 bits per heavy atom. The number of nitrogens with two attached hydrogens (primary N) is 1. The molecule has 1 saturated carbocycles. The normalized spacial score (nSPS) is 15.7. The maximum absolute atomic E-state index is 12.3. The standard InChI is InChI=1S/C17H20N4O.ClH/c1-12-8-11-19-15(20-12)13-4-6-14(7-5-13)21-16(22)17(18)9-2-3-10-17;/h4-8,11H,2-3,9-10,18H2,1H3,(H,21,22);1H. The lowest BCUT2D eigenvalue weighted by Gasteiger charge is -2.22. The number of aryl methyl sites for hydroxylation is 1. The van der Waals surface area contributed by atoms with E-state index < -0.39 is 5.54 Å². The molecule has 0 saturated heterocycles. The molecule has 2 aromatic rings. The number of carbonyl (C=O) groups is 1. The van der Waals surface area contributed by atoms with Crippen LogP contribution in [0.25, 0.3) is 11.4 Å². The molecule has 1 aliphatic carbocycles. The second kappa shape index (κ2) is 7.06. The van der Waals surface area contributed by atoms with Crippen LogP contribution in [0.3, 0.4) is 0 Å². The van der Waals surface area contributed by atoms with E-state index in [2.05, 4.69) is 15.3 Å². The second-order valence-corrected chi connectivity index (χ2v) is 5.92. The van der Waals surface area contributed by atoms with Crippen molar-refractivity contribution < 1.29 is 4.79 Å². The van der Waals surface area contributed by atoms with Crippen molar-refractivity contribution in [2.75, 3.05) is 5.32 Å². The molecule has 122 valence electrons. The first kappa shape index (κ1) is 17.4. The molecule has 1 fully saturated rings. The van der Waals surface area contributed by atoms with Crippen molar-refractivity contribution in [2.45, 2.75) is 38.1 Å². The van der Waals surface area contributed by atoms with Gasteiger partial charge < -0.3 is 11.1 Å². The number of nitrogens with zero attached hydrogens (tertiary/aromatic N) is 2. The van der Waals surface area contributed by atoms with Crippen LogP contribution in [0, 0.1) is 6.92 Å². The van der Waals surface area contributed by atoms with Crippen LogP contribution >= 0.6 is 12.4 Å². The van der Waals surface area contributed by atoms with Gasteiger partial charge in [-0.1, -0.05) is 12.8 Å². The van der Waals surface area contributed by atoms with Gasteiger partial charge in [0.05, 0.1) is 5.54 Å². The molecular weight excluding hydrogens is 312 g/mol. The number of halogens is 1. The molecule has 1 amide bonds. The zero-order valence-corrected chi connectivity index (χ0v) is 13.9. The summed E-state index contributed by atoms with van der Waals surface area (Å²) in [5.41, 5.74) is 8.04. The van der Waals surface area contributed by atoms with Crippen LogP contribution in [0.5, 0.6) is 0 Å². The molecule has 3 N–H and O–H groups in total. The topological polar surface area (TPSA) is 80.9 Å². The fraction of sp³-hybridized carbons (Fsp3) is 0.353. The number of benzene rings is 1. The summed E-state index contributed by atoms with van der Waals surface area (Å²) in [6.45, 7) is 1.93. The number of nitrogens with one attached hydrogen (secondary N) is 1. The third-order valence-corrected chi connectivity index (χ3v) is 4.14. The van der Waals surface area contributed by atoms with E-state index in [-0.39, 0.29) is 18.3 Å². The first-order chi connectivity index (χ1) is 10.6. The maximum Gasteiger partial charge on any atom is 0.244 e. The van der Waals surface area contributed by atoms with Gasteiger partial charge in [0.2, 0.25) is 5.91 Å². The van der Waals surface area contributed by atoms with E-state index in [9.17, 15) is 4.79 Å². The number of rotatable bonds is 3. The molecule has 0 spiro atoms. The number of hydrogen-bond donors (Lipinski definition) is 2. The Morgan fingerprint density at radius 2 is 1.83 bits per heavy atom. The van der Waals surface area contributed by atoms with Crippen LogP contribution in [-0.2, 0) is 4.79 Å². The largest absolute Gasteiger partial charge is 0.324 e. The molecule has 5 nitrogen and oxygen atoms in total. The number of aromatic nitrogens is 2. The predicted molar refractivity (Wildman–Crippen MR) is 93.5 cm³/mol. The van der Waals surface area contributed by atoms with Crippen molar-refractivity contribution in [3.8, 4) is 11.4 Å². The minimum atomic E-state index is -0.710. The molecule has 3 rings (SSSR count). The Bertz CT molecular complexity index is 681. The van der Waals surface area contributed by atoms with Crippen molar-refractivity contribution >= 4 is 24.0 Å². The highest BCUT2D eigenvalue weighted by Crippen LogP contribution is 2.28. The van der Waals surface area contributed by atoms with E-state index >= 15 is 0 Å². The SMILES string of the molecule is Cc1ccnc(-c2ccc(NC(=O)C3(N)CCCC3)cc2)n1.Cl. The van der Waals surface area contributed by atoms with Crippen molar-refractivity contribution in [1.29, 1.82) is 0 Å². The molecule has 0 radical (unpaired) electrons. The Kier molecular flexibility index (Phi) is 5.34. The molecule has 1 aromatic heterocycles. The average molecular weight is 333 g/mol. The second-order valence-electron chi connectivity index (χ2n) is 5.92. The molecule has 0 aliphatic heterocycles. The van der Waals surface area contributed by atoms with Gasteiger partial charge in [0.25, 0.3) is 0 Å². The Morgan fingerprint density at radius 3 is 2.43 bits per heavy atom. The molecular formula is C17H21ClN4O.